The van der Waals surface area contributed by atoms with Gasteiger partial charge in [-0.1, -0.05) is 23.9 Å². The van der Waals surface area contributed by atoms with Crippen molar-refractivity contribution < 1.29 is 13.7 Å². The zero-order valence-electron chi connectivity index (χ0n) is 17.9. The van der Waals surface area contributed by atoms with Crippen LogP contribution in [0.5, 0.6) is 0 Å². The zero-order valence-corrected chi connectivity index (χ0v) is 18.7. The molecular weight excluding hydrogens is 444 g/mol. The van der Waals surface area contributed by atoms with Crippen molar-refractivity contribution >= 4 is 34.0 Å². The highest BCUT2D eigenvalue weighted by atomic mass is 32.2. The van der Waals surface area contributed by atoms with Gasteiger partial charge in [0.15, 0.2) is 0 Å². The normalized spacial score (nSPS) is 13.4. The number of anilines is 1. The van der Waals surface area contributed by atoms with E-state index < -0.39 is 11.6 Å². The minimum absolute atomic E-state index is 0.0423. The zero-order chi connectivity index (χ0) is 23.1. The summed E-state index contributed by atoms with van der Waals surface area (Å²) < 4.78 is 29.5. The van der Waals surface area contributed by atoms with E-state index in [0.29, 0.717) is 16.5 Å². The van der Waals surface area contributed by atoms with Gasteiger partial charge in [-0.3, -0.25) is 10.1 Å². The third kappa shape index (κ3) is 4.43. The van der Waals surface area contributed by atoms with Gasteiger partial charge in [-0.25, -0.2) is 8.78 Å². The van der Waals surface area contributed by atoms with E-state index in [4.69, 9.17) is 0 Å². The number of aromatic nitrogens is 1. The first kappa shape index (κ1) is 21.5. The number of halogens is 2. The van der Waals surface area contributed by atoms with Crippen LogP contribution < -0.4 is 4.90 Å². The van der Waals surface area contributed by atoms with Gasteiger partial charge in [0, 0.05) is 53.9 Å². The van der Waals surface area contributed by atoms with Crippen molar-refractivity contribution in [2.24, 2.45) is 0 Å². The maximum Gasteiger partial charge on any atom is 0.283 e. The van der Waals surface area contributed by atoms with Gasteiger partial charge in [0.1, 0.15) is 11.6 Å². The van der Waals surface area contributed by atoms with Crippen molar-refractivity contribution in [1.29, 1.82) is 0 Å². The van der Waals surface area contributed by atoms with Crippen LogP contribution in [-0.4, -0.2) is 22.6 Å². The Bertz CT molecular complexity index is 1350. The van der Waals surface area contributed by atoms with Crippen LogP contribution in [0.25, 0.3) is 10.9 Å². The molecule has 0 saturated heterocycles. The lowest BCUT2D eigenvalue weighted by atomic mass is 10.2. The van der Waals surface area contributed by atoms with Crippen LogP contribution in [0.1, 0.15) is 18.4 Å². The minimum Gasteiger partial charge on any atom is -0.372 e. The molecule has 1 fully saturated rings. The molecule has 0 bridgehead atoms. The summed E-state index contributed by atoms with van der Waals surface area (Å²) in [5.74, 6) is -1.24. The first-order valence-electron chi connectivity index (χ1n) is 10.6. The van der Waals surface area contributed by atoms with Gasteiger partial charge >= 0.3 is 0 Å². The molecule has 0 radical (unpaired) electrons. The van der Waals surface area contributed by atoms with Gasteiger partial charge in [-0.2, -0.15) is 0 Å². The predicted molar refractivity (Wildman–Crippen MR) is 126 cm³/mol. The highest BCUT2D eigenvalue weighted by molar-refractivity contribution is 7.99. The van der Waals surface area contributed by atoms with E-state index in [1.807, 2.05) is 16.8 Å². The van der Waals surface area contributed by atoms with Crippen LogP contribution in [0.3, 0.4) is 0 Å². The number of para-hydroxylation sites is 1. The molecule has 1 heterocycles. The number of nitrogens with zero attached hydrogens (tertiary/aromatic N) is 3. The van der Waals surface area contributed by atoms with Crippen molar-refractivity contribution in [3.63, 3.8) is 0 Å². The van der Waals surface area contributed by atoms with Crippen molar-refractivity contribution in [2.45, 2.75) is 35.2 Å². The van der Waals surface area contributed by atoms with E-state index in [1.165, 1.54) is 30.0 Å². The first-order valence-corrected chi connectivity index (χ1v) is 11.4. The van der Waals surface area contributed by atoms with E-state index >= 15 is 0 Å². The average molecular weight is 466 g/mol. The molecule has 1 aliphatic carbocycles. The van der Waals surface area contributed by atoms with Crippen molar-refractivity contribution in [3.8, 4) is 0 Å². The number of nitro groups is 1. The predicted octanol–water partition coefficient (Wildman–Crippen LogP) is 6.63. The molecule has 1 aromatic heterocycles. The van der Waals surface area contributed by atoms with Gasteiger partial charge in [0.25, 0.3) is 5.69 Å². The highest BCUT2D eigenvalue weighted by Crippen LogP contribution is 2.41. The molecule has 0 aliphatic heterocycles. The second-order valence-corrected chi connectivity index (χ2v) is 9.35. The van der Waals surface area contributed by atoms with E-state index in [9.17, 15) is 18.9 Å². The fourth-order valence-corrected chi connectivity index (χ4v) is 5.16. The van der Waals surface area contributed by atoms with E-state index in [0.717, 1.165) is 40.4 Å². The third-order valence-electron chi connectivity index (χ3n) is 5.89. The summed E-state index contributed by atoms with van der Waals surface area (Å²) in [4.78, 5) is 14.7. The first-order chi connectivity index (χ1) is 15.9. The Hall–Kier alpha value is -3.39. The number of rotatable bonds is 7. The second-order valence-electron chi connectivity index (χ2n) is 8.27. The molecule has 0 atom stereocenters. The fourth-order valence-electron chi connectivity index (χ4n) is 4.06. The Morgan fingerprint density at radius 1 is 1.06 bits per heavy atom. The third-order valence-corrected chi connectivity index (χ3v) is 7.00. The number of hydrogen-bond donors (Lipinski definition) is 0. The number of fused-ring (bicyclic) bond motifs is 1. The molecule has 33 heavy (non-hydrogen) atoms. The minimum atomic E-state index is -0.620. The smallest absolute Gasteiger partial charge is 0.283 e. The molecule has 3 aromatic carbocycles. The summed E-state index contributed by atoms with van der Waals surface area (Å²) in [6, 6.07) is 16.8. The van der Waals surface area contributed by atoms with Crippen LogP contribution in [0.2, 0.25) is 0 Å². The van der Waals surface area contributed by atoms with Gasteiger partial charge in [0.05, 0.1) is 15.3 Å². The Labute approximate surface area is 193 Å². The number of hydrogen-bond acceptors (Lipinski definition) is 4. The topological polar surface area (TPSA) is 51.3 Å². The van der Waals surface area contributed by atoms with Gasteiger partial charge < -0.3 is 9.47 Å². The molecule has 5 rings (SSSR count). The van der Waals surface area contributed by atoms with Crippen molar-refractivity contribution in [2.75, 3.05) is 11.9 Å². The van der Waals surface area contributed by atoms with Gasteiger partial charge in [-0.05, 0) is 54.8 Å². The lowest BCUT2D eigenvalue weighted by Crippen LogP contribution is -2.19. The summed E-state index contributed by atoms with van der Waals surface area (Å²) in [6.45, 7) is 0.277. The van der Waals surface area contributed by atoms with Crippen LogP contribution in [0.4, 0.5) is 20.2 Å². The molecule has 0 unspecified atom stereocenters. The molecule has 168 valence electrons. The quantitative estimate of drug-likeness (QED) is 0.227. The molecular formula is C25H21F2N3O2S. The molecule has 8 heteroatoms. The maximum absolute atomic E-state index is 13.8. The standard InChI is InChI=1S/C25H21F2N3O2S/c1-28(19-6-7-19)20-8-9-21-23(13-20)29(14-16-10-17(26)12-18(27)11-16)15-25(21)33-24-5-3-2-4-22(24)30(31)32/h2-5,8-13,15,19H,6-7,14H2,1H3. The van der Waals surface area contributed by atoms with Gasteiger partial charge in [0.2, 0.25) is 0 Å². The Morgan fingerprint density at radius 3 is 2.48 bits per heavy atom. The molecule has 0 spiro atoms. The monoisotopic (exact) mass is 465 g/mol. The van der Waals surface area contributed by atoms with E-state index in [1.54, 1.807) is 18.2 Å². The Morgan fingerprint density at radius 2 is 1.79 bits per heavy atom. The average Bonchev–Trinajstić information content (AvgIpc) is 3.57. The van der Waals surface area contributed by atoms with Crippen LogP contribution in [-0.2, 0) is 6.54 Å². The molecule has 0 amide bonds. The van der Waals surface area contributed by atoms with E-state index in [-0.39, 0.29) is 17.2 Å². The summed E-state index contributed by atoms with van der Waals surface area (Å²) >= 11 is 1.32. The van der Waals surface area contributed by atoms with Crippen molar-refractivity contribution in [3.05, 3.63) is 94.2 Å². The van der Waals surface area contributed by atoms with Crippen LogP contribution >= 0.6 is 11.8 Å². The largest absolute Gasteiger partial charge is 0.372 e. The Kier molecular flexibility index (Phi) is 5.54. The summed E-state index contributed by atoms with van der Waals surface area (Å²) in [5, 5.41) is 12.4. The SMILES string of the molecule is CN(c1ccc2c(Sc3ccccc3[N+](=O)[O-])cn(Cc3cc(F)cc(F)c3)c2c1)C1CC1. The molecule has 1 aliphatic rings. The number of nitro benzene ring substituents is 1. The lowest BCUT2D eigenvalue weighted by Gasteiger charge is -2.19. The lowest BCUT2D eigenvalue weighted by molar-refractivity contribution is -0.387. The molecule has 4 aromatic rings. The highest BCUT2D eigenvalue weighted by Gasteiger charge is 2.27. The van der Waals surface area contributed by atoms with Gasteiger partial charge in [-0.15, -0.1) is 0 Å². The molecule has 5 nitrogen and oxygen atoms in total. The van der Waals surface area contributed by atoms with Crippen LogP contribution in [0.15, 0.2) is 76.7 Å². The second kappa shape index (κ2) is 8.51. The maximum atomic E-state index is 13.8. The number of benzene rings is 3. The summed E-state index contributed by atoms with van der Waals surface area (Å²) in [6.07, 6.45) is 4.23. The summed E-state index contributed by atoms with van der Waals surface area (Å²) in [7, 11) is 2.07. The summed E-state index contributed by atoms with van der Waals surface area (Å²) in [5.41, 5.74) is 2.52. The van der Waals surface area contributed by atoms with Crippen molar-refractivity contribution in [1.82, 2.24) is 4.57 Å². The molecule has 1 saturated carbocycles. The van der Waals surface area contributed by atoms with Crippen LogP contribution in [0, 0.1) is 21.7 Å². The fraction of sp³-hybridized carbons (Fsp3) is 0.200. The van der Waals surface area contributed by atoms with E-state index in [2.05, 4.69) is 24.1 Å². The Balaban J connectivity index is 1.60. The molecule has 0 N–H and O–H groups in total.